The van der Waals surface area contributed by atoms with E-state index < -0.39 is 12.6 Å². The Morgan fingerprint density at radius 3 is 2.46 bits per heavy atom. The summed E-state index contributed by atoms with van der Waals surface area (Å²) in [7, 11) is 0. The van der Waals surface area contributed by atoms with Gasteiger partial charge >= 0.3 is 12.6 Å². The molecule has 3 rings (SSSR count). The fourth-order valence-corrected chi connectivity index (χ4v) is 3.17. The van der Waals surface area contributed by atoms with Gasteiger partial charge in [0.25, 0.3) is 0 Å². The van der Waals surface area contributed by atoms with Gasteiger partial charge < -0.3 is 20.7 Å². The van der Waals surface area contributed by atoms with E-state index >= 15 is 0 Å². The second-order valence-corrected chi connectivity index (χ2v) is 6.71. The summed E-state index contributed by atoms with van der Waals surface area (Å²) in [6.45, 7) is -2.65. The summed E-state index contributed by atoms with van der Waals surface area (Å²) in [5.41, 5.74) is 1.32. The minimum atomic E-state index is -2.91. The Morgan fingerprint density at radius 1 is 1.14 bits per heavy atom. The smallest absolute Gasteiger partial charge is 0.387 e. The number of anilines is 1. The second kappa shape index (κ2) is 8.88. The quantitative estimate of drug-likeness (QED) is 0.704. The van der Waals surface area contributed by atoms with Crippen molar-refractivity contribution >= 4 is 29.2 Å². The maximum Gasteiger partial charge on any atom is 0.387 e. The SMILES string of the molecule is O=C1C[C@@H](c2ccc(OC(F)F)cc2)[C@H](NC(=O)Nc2ccc(Cl)cc2)CN1. The third-order valence-corrected chi connectivity index (χ3v) is 4.61. The number of alkyl halides is 2. The Labute approximate surface area is 165 Å². The highest BCUT2D eigenvalue weighted by Crippen LogP contribution is 2.28. The molecule has 0 aliphatic carbocycles. The predicted octanol–water partition coefficient (Wildman–Crippen LogP) is 3.74. The molecule has 0 bridgehead atoms. The predicted molar refractivity (Wildman–Crippen MR) is 101 cm³/mol. The molecule has 0 unspecified atom stereocenters. The Morgan fingerprint density at radius 2 is 1.82 bits per heavy atom. The van der Waals surface area contributed by atoms with Gasteiger partial charge in [-0.3, -0.25) is 4.79 Å². The number of ether oxygens (including phenoxy) is 1. The summed E-state index contributed by atoms with van der Waals surface area (Å²) >= 11 is 5.82. The summed E-state index contributed by atoms with van der Waals surface area (Å²) in [6.07, 6.45) is 0.168. The highest BCUT2D eigenvalue weighted by Gasteiger charge is 2.31. The molecule has 148 valence electrons. The van der Waals surface area contributed by atoms with Crippen LogP contribution in [0.4, 0.5) is 19.3 Å². The Kier molecular flexibility index (Phi) is 6.30. The van der Waals surface area contributed by atoms with Crippen LogP contribution in [0.5, 0.6) is 5.75 Å². The molecule has 28 heavy (non-hydrogen) atoms. The molecule has 3 amide bonds. The molecule has 6 nitrogen and oxygen atoms in total. The van der Waals surface area contributed by atoms with Crippen molar-refractivity contribution in [3.63, 3.8) is 0 Å². The van der Waals surface area contributed by atoms with E-state index in [2.05, 4.69) is 20.7 Å². The third-order valence-electron chi connectivity index (χ3n) is 4.36. The van der Waals surface area contributed by atoms with Gasteiger partial charge in [0.15, 0.2) is 0 Å². The fraction of sp³-hybridized carbons (Fsp3) is 0.263. The van der Waals surface area contributed by atoms with E-state index in [1.165, 1.54) is 12.1 Å². The standard InChI is InChI=1S/C19H18ClF2N3O3/c20-12-3-5-13(6-4-12)24-19(27)25-16-10-23-17(26)9-15(16)11-1-7-14(8-2-11)28-18(21)22/h1-8,15-16,18H,9-10H2,(H,23,26)(H2,24,25,27)/t15-,16+/m0/s1. The fourth-order valence-electron chi connectivity index (χ4n) is 3.05. The molecular weight excluding hydrogens is 392 g/mol. The number of amides is 3. The van der Waals surface area contributed by atoms with Gasteiger partial charge in [-0.25, -0.2) is 4.79 Å². The average Bonchev–Trinajstić information content (AvgIpc) is 2.65. The molecule has 1 fully saturated rings. The van der Waals surface area contributed by atoms with Crippen molar-refractivity contribution in [1.29, 1.82) is 0 Å². The van der Waals surface area contributed by atoms with Gasteiger partial charge in [0, 0.05) is 29.6 Å². The molecule has 0 saturated carbocycles. The van der Waals surface area contributed by atoms with Crippen molar-refractivity contribution in [3.8, 4) is 5.75 Å². The van der Waals surface area contributed by atoms with Crippen LogP contribution in [0.2, 0.25) is 5.02 Å². The van der Waals surface area contributed by atoms with Gasteiger partial charge in [-0.15, -0.1) is 0 Å². The molecule has 1 aliphatic rings. The number of carbonyl (C=O) groups excluding carboxylic acids is 2. The molecule has 0 aromatic heterocycles. The first-order valence-corrected chi connectivity index (χ1v) is 8.93. The van der Waals surface area contributed by atoms with Crippen LogP contribution in [0.25, 0.3) is 0 Å². The zero-order valence-corrected chi connectivity index (χ0v) is 15.4. The molecule has 1 aliphatic heterocycles. The number of hydrogen-bond donors (Lipinski definition) is 3. The van der Waals surface area contributed by atoms with Crippen LogP contribution in [0.15, 0.2) is 48.5 Å². The van der Waals surface area contributed by atoms with E-state index in [0.29, 0.717) is 10.7 Å². The van der Waals surface area contributed by atoms with Crippen LogP contribution in [0.3, 0.4) is 0 Å². The molecule has 3 N–H and O–H groups in total. The van der Waals surface area contributed by atoms with Gasteiger partial charge in [0.2, 0.25) is 5.91 Å². The number of carbonyl (C=O) groups is 2. The number of nitrogens with one attached hydrogen (secondary N) is 3. The zero-order valence-electron chi connectivity index (χ0n) is 14.6. The number of piperidine rings is 1. The Balaban J connectivity index is 1.68. The second-order valence-electron chi connectivity index (χ2n) is 6.27. The van der Waals surface area contributed by atoms with E-state index in [1.54, 1.807) is 36.4 Å². The number of halogens is 3. The van der Waals surface area contributed by atoms with Crippen molar-refractivity contribution in [2.75, 3.05) is 11.9 Å². The number of benzene rings is 2. The summed E-state index contributed by atoms with van der Waals surface area (Å²) < 4.78 is 28.9. The zero-order chi connectivity index (χ0) is 20.1. The summed E-state index contributed by atoms with van der Waals surface area (Å²) in [5.74, 6) is -0.414. The average molecular weight is 410 g/mol. The largest absolute Gasteiger partial charge is 0.435 e. The van der Waals surface area contributed by atoms with Crippen molar-refractivity contribution in [2.24, 2.45) is 0 Å². The van der Waals surface area contributed by atoms with Crippen molar-refractivity contribution in [3.05, 3.63) is 59.1 Å². The third kappa shape index (κ3) is 5.32. The van der Waals surface area contributed by atoms with Crippen LogP contribution < -0.4 is 20.7 Å². The number of hydrogen-bond acceptors (Lipinski definition) is 3. The van der Waals surface area contributed by atoms with Crippen LogP contribution in [-0.2, 0) is 4.79 Å². The lowest BCUT2D eigenvalue weighted by atomic mass is 9.85. The maximum absolute atomic E-state index is 12.3. The summed E-state index contributed by atoms with van der Waals surface area (Å²) in [5, 5.41) is 8.83. The molecule has 0 spiro atoms. The van der Waals surface area contributed by atoms with Crippen LogP contribution in [0.1, 0.15) is 17.9 Å². The topological polar surface area (TPSA) is 79.5 Å². The van der Waals surface area contributed by atoms with E-state index in [4.69, 9.17) is 11.6 Å². The lowest BCUT2D eigenvalue weighted by Crippen LogP contribution is -2.52. The van der Waals surface area contributed by atoms with Crippen LogP contribution >= 0.6 is 11.6 Å². The number of urea groups is 1. The van der Waals surface area contributed by atoms with E-state index in [0.717, 1.165) is 5.56 Å². The van der Waals surface area contributed by atoms with Gasteiger partial charge in [0.05, 0.1) is 6.04 Å². The van der Waals surface area contributed by atoms with Crippen molar-refractivity contribution in [2.45, 2.75) is 25.0 Å². The highest BCUT2D eigenvalue weighted by atomic mass is 35.5. The monoisotopic (exact) mass is 409 g/mol. The molecule has 2 aromatic carbocycles. The lowest BCUT2D eigenvalue weighted by Gasteiger charge is -2.32. The van der Waals surface area contributed by atoms with Gasteiger partial charge in [-0.2, -0.15) is 8.78 Å². The molecular formula is C19H18ClF2N3O3. The molecule has 9 heteroatoms. The molecule has 0 radical (unpaired) electrons. The summed E-state index contributed by atoms with van der Waals surface area (Å²) in [6, 6.07) is 11.9. The first kappa shape index (κ1) is 19.9. The van der Waals surface area contributed by atoms with Crippen LogP contribution in [0, 0.1) is 0 Å². The van der Waals surface area contributed by atoms with Gasteiger partial charge in [0.1, 0.15) is 5.75 Å². The molecule has 1 saturated heterocycles. The van der Waals surface area contributed by atoms with Crippen LogP contribution in [-0.4, -0.2) is 31.1 Å². The normalized spacial score (nSPS) is 19.1. The Hall–Kier alpha value is -2.87. The van der Waals surface area contributed by atoms with Gasteiger partial charge in [-0.1, -0.05) is 23.7 Å². The van der Waals surface area contributed by atoms with E-state index in [9.17, 15) is 18.4 Å². The molecule has 2 atom stereocenters. The first-order chi connectivity index (χ1) is 13.4. The van der Waals surface area contributed by atoms with Crippen molar-refractivity contribution in [1.82, 2.24) is 10.6 Å². The Bertz CT molecular complexity index is 831. The maximum atomic E-state index is 12.3. The first-order valence-electron chi connectivity index (χ1n) is 8.55. The molecule has 2 aromatic rings. The minimum Gasteiger partial charge on any atom is -0.435 e. The summed E-state index contributed by atoms with van der Waals surface area (Å²) in [4.78, 5) is 24.2. The van der Waals surface area contributed by atoms with Crippen molar-refractivity contribution < 1.29 is 23.1 Å². The highest BCUT2D eigenvalue weighted by molar-refractivity contribution is 6.30. The lowest BCUT2D eigenvalue weighted by molar-refractivity contribution is -0.123. The number of rotatable bonds is 5. The van der Waals surface area contributed by atoms with Gasteiger partial charge in [-0.05, 0) is 42.0 Å². The van der Waals surface area contributed by atoms with E-state index in [1.807, 2.05) is 0 Å². The minimum absolute atomic E-state index is 0.0315. The molecule has 1 heterocycles. The van der Waals surface area contributed by atoms with E-state index in [-0.39, 0.29) is 36.6 Å².